The van der Waals surface area contributed by atoms with Crippen LogP contribution < -0.4 is 27.2 Å². The molecule has 0 saturated carbocycles. The van der Waals surface area contributed by atoms with E-state index in [9.17, 15) is 4.79 Å². The van der Waals surface area contributed by atoms with Crippen molar-refractivity contribution in [3.63, 3.8) is 0 Å². The van der Waals surface area contributed by atoms with Crippen LogP contribution in [0.1, 0.15) is 11.1 Å². The second-order valence-electron chi connectivity index (χ2n) is 5.58. The minimum atomic E-state index is -0.296. The van der Waals surface area contributed by atoms with Gasteiger partial charge in [-0.15, -0.1) is 0 Å². The number of nitrogens with one attached hydrogen (secondary N) is 1. The first kappa shape index (κ1) is 15.9. The van der Waals surface area contributed by atoms with E-state index >= 15 is 0 Å². The van der Waals surface area contributed by atoms with E-state index in [-0.39, 0.29) is 11.6 Å². The maximum atomic E-state index is 11.8. The van der Waals surface area contributed by atoms with Gasteiger partial charge >= 0.3 is 5.69 Å². The van der Waals surface area contributed by atoms with Crippen molar-refractivity contribution >= 4 is 17.5 Å². The molecule has 0 saturated heterocycles. The highest BCUT2D eigenvalue weighted by Crippen LogP contribution is 2.35. The Bertz CT molecular complexity index is 839. The van der Waals surface area contributed by atoms with Gasteiger partial charge in [0.15, 0.2) is 5.96 Å². The topological polar surface area (TPSA) is 121 Å². The van der Waals surface area contributed by atoms with Crippen LogP contribution in [0.3, 0.4) is 0 Å². The zero-order valence-electron chi connectivity index (χ0n) is 13.5. The van der Waals surface area contributed by atoms with Gasteiger partial charge in [0.2, 0.25) is 0 Å². The summed E-state index contributed by atoms with van der Waals surface area (Å²) >= 11 is 0. The molecule has 2 aromatic rings. The van der Waals surface area contributed by atoms with Gasteiger partial charge in [-0.1, -0.05) is 12.1 Å². The lowest BCUT2D eigenvalue weighted by molar-refractivity contribution is 0.330. The Hall–Kier alpha value is -3.03. The Morgan fingerprint density at radius 3 is 2.96 bits per heavy atom. The number of aliphatic imine (C=N–C) groups is 1. The highest BCUT2D eigenvalue weighted by Gasteiger charge is 2.18. The number of benzene rings is 1. The second kappa shape index (κ2) is 6.61. The largest absolute Gasteiger partial charge is 0.489 e. The molecule has 1 aromatic carbocycles. The number of hydrogen-bond acceptors (Lipinski definition) is 5. The number of nitrogens with zero attached hydrogens (tertiary/aromatic N) is 3. The number of para-hydroxylation sites is 1. The fraction of sp³-hybridized carbons (Fsp3) is 0.312. The smallest absolute Gasteiger partial charge is 0.349 e. The van der Waals surface area contributed by atoms with Crippen molar-refractivity contribution in [3.8, 4) is 5.75 Å². The highest BCUT2D eigenvalue weighted by atomic mass is 16.5. The summed E-state index contributed by atoms with van der Waals surface area (Å²) in [5.41, 5.74) is 13.3. The van der Waals surface area contributed by atoms with E-state index in [4.69, 9.17) is 16.2 Å². The van der Waals surface area contributed by atoms with E-state index in [2.05, 4.69) is 15.3 Å². The standard InChI is InChI=1S/C16H20N6O2/c1-22-9-11-6-5-10-3-2-4-12(24-8-7-19-15(17)18)13(10)20-14(11)21-16(22)23/h2-4,9H,5-8H2,1H3,(H4,17,18,19)(H,20,21,23). The molecule has 0 amide bonds. The monoisotopic (exact) mass is 328 g/mol. The summed E-state index contributed by atoms with van der Waals surface area (Å²) in [5.74, 6) is 1.31. The Labute approximate surface area is 139 Å². The van der Waals surface area contributed by atoms with Crippen LogP contribution in [-0.2, 0) is 19.9 Å². The number of nitrogens with two attached hydrogens (primary N) is 2. The van der Waals surface area contributed by atoms with Crippen molar-refractivity contribution in [2.45, 2.75) is 12.8 Å². The Kier molecular flexibility index (Phi) is 4.37. The molecule has 24 heavy (non-hydrogen) atoms. The van der Waals surface area contributed by atoms with Gasteiger partial charge < -0.3 is 26.1 Å². The fourth-order valence-electron chi connectivity index (χ4n) is 2.65. The Morgan fingerprint density at radius 1 is 1.38 bits per heavy atom. The molecule has 0 unspecified atom stereocenters. The molecule has 0 fully saturated rings. The van der Waals surface area contributed by atoms with Crippen LogP contribution in [0.15, 0.2) is 34.2 Å². The molecule has 3 rings (SSSR count). The lowest BCUT2D eigenvalue weighted by atomic mass is 10.1. The molecule has 5 N–H and O–H groups in total. The molecule has 1 aromatic heterocycles. The predicted octanol–water partition coefficient (Wildman–Crippen LogP) is 0.275. The first-order valence-corrected chi connectivity index (χ1v) is 7.68. The van der Waals surface area contributed by atoms with Crippen molar-refractivity contribution in [1.29, 1.82) is 0 Å². The maximum absolute atomic E-state index is 11.8. The molecule has 2 heterocycles. The molecule has 0 spiro atoms. The van der Waals surface area contributed by atoms with Crippen LogP contribution in [-0.4, -0.2) is 28.7 Å². The minimum Gasteiger partial charge on any atom is -0.489 e. The van der Waals surface area contributed by atoms with Gasteiger partial charge in [-0.2, -0.15) is 4.98 Å². The van der Waals surface area contributed by atoms with Crippen LogP contribution >= 0.6 is 0 Å². The van der Waals surface area contributed by atoms with Gasteiger partial charge in [0, 0.05) is 18.8 Å². The summed E-state index contributed by atoms with van der Waals surface area (Å²) < 4.78 is 7.28. The fourth-order valence-corrected chi connectivity index (χ4v) is 2.65. The summed E-state index contributed by atoms with van der Waals surface area (Å²) in [6.45, 7) is 0.730. The lowest BCUT2D eigenvalue weighted by Crippen LogP contribution is -2.23. The average Bonchev–Trinajstić information content (AvgIpc) is 2.72. The Balaban J connectivity index is 1.88. The summed E-state index contributed by atoms with van der Waals surface area (Å²) in [5, 5.41) is 3.25. The van der Waals surface area contributed by atoms with E-state index in [0.717, 1.165) is 29.7 Å². The summed E-state index contributed by atoms with van der Waals surface area (Å²) in [4.78, 5) is 19.8. The highest BCUT2D eigenvalue weighted by molar-refractivity contribution is 5.75. The first-order valence-electron chi connectivity index (χ1n) is 7.68. The molecule has 8 nitrogen and oxygen atoms in total. The van der Waals surface area contributed by atoms with Gasteiger partial charge in [0.25, 0.3) is 0 Å². The number of hydrogen-bond donors (Lipinski definition) is 3. The number of ether oxygens (including phenoxy) is 1. The molecule has 1 aliphatic rings. The molecule has 126 valence electrons. The quantitative estimate of drug-likeness (QED) is 0.421. The van der Waals surface area contributed by atoms with Crippen molar-refractivity contribution in [2.24, 2.45) is 23.5 Å². The zero-order valence-corrected chi connectivity index (χ0v) is 13.5. The first-order chi connectivity index (χ1) is 11.5. The number of rotatable bonds is 4. The second-order valence-corrected chi connectivity index (χ2v) is 5.58. The lowest BCUT2D eigenvalue weighted by Gasteiger charge is -2.14. The van der Waals surface area contributed by atoms with Crippen LogP contribution in [0.2, 0.25) is 0 Å². The number of guanidine groups is 1. The van der Waals surface area contributed by atoms with E-state index in [1.54, 1.807) is 7.05 Å². The third-order valence-electron chi connectivity index (χ3n) is 3.83. The molecule has 0 radical (unpaired) electrons. The molecule has 8 heteroatoms. The minimum absolute atomic E-state index is 0.0394. The molecule has 1 aliphatic heterocycles. The van der Waals surface area contributed by atoms with E-state index in [1.165, 1.54) is 4.57 Å². The third kappa shape index (κ3) is 3.32. The molecular formula is C16H20N6O2. The zero-order chi connectivity index (χ0) is 17.1. The number of aromatic nitrogens is 2. The predicted molar refractivity (Wildman–Crippen MR) is 92.8 cm³/mol. The normalized spacial score (nSPS) is 12.4. The van der Waals surface area contributed by atoms with Crippen LogP contribution in [0.5, 0.6) is 5.75 Å². The number of anilines is 2. The summed E-state index contributed by atoms with van der Waals surface area (Å²) in [6.07, 6.45) is 3.46. The van der Waals surface area contributed by atoms with Crippen LogP contribution in [0, 0.1) is 0 Å². The molecule has 0 bridgehead atoms. The van der Waals surface area contributed by atoms with Gasteiger partial charge in [0.1, 0.15) is 18.2 Å². The average molecular weight is 328 g/mol. The maximum Gasteiger partial charge on any atom is 0.349 e. The third-order valence-corrected chi connectivity index (χ3v) is 3.83. The molecule has 0 atom stereocenters. The van der Waals surface area contributed by atoms with Gasteiger partial charge in [-0.3, -0.25) is 4.99 Å². The van der Waals surface area contributed by atoms with E-state index in [1.807, 2.05) is 24.4 Å². The van der Waals surface area contributed by atoms with E-state index < -0.39 is 0 Å². The van der Waals surface area contributed by atoms with Gasteiger partial charge in [-0.25, -0.2) is 4.79 Å². The molecule has 0 aliphatic carbocycles. The number of aryl methyl sites for hydroxylation is 3. The summed E-state index contributed by atoms with van der Waals surface area (Å²) in [6, 6.07) is 5.85. The van der Waals surface area contributed by atoms with Crippen molar-refractivity contribution in [2.75, 3.05) is 18.5 Å². The van der Waals surface area contributed by atoms with Gasteiger partial charge in [0.05, 0.1) is 12.2 Å². The van der Waals surface area contributed by atoms with Gasteiger partial charge in [-0.05, 0) is 24.5 Å². The number of fused-ring (bicyclic) bond motifs is 2. The van der Waals surface area contributed by atoms with E-state index in [0.29, 0.717) is 24.7 Å². The van der Waals surface area contributed by atoms with Crippen LogP contribution in [0.25, 0.3) is 0 Å². The van der Waals surface area contributed by atoms with Crippen LogP contribution in [0.4, 0.5) is 11.5 Å². The molecular weight excluding hydrogens is 308 g/mol. The van der Waals surface area contributed by atoms with Crippen molar-refractivity contribution in [3.05, 3.63) is 46.0 Å². The van der Waals surface area contributed by atoms with Crippen molar-refractivity contribution in [1.82, 2.24) is 9.55 Å². The van der Waals surface area contributed by atoms with Crippen molar-refractivity contribution < 1.29 is 4.74 Å². The Morgan fingerprint density at radius 2 is 2.17 bits per heavy atom. The summed E-state index contributed by atoms with van der Waals surface area (Å²) in [7, 11) is 1.70. The SMILES string of the molecule is Cn1cc2c(nc1=O)Nc1c(cccc1OCCN=C(N)N)CC2.